The molecule has 3 aromatic carbocycles. The molecule has 0 aromatic heterocycles. The van der Waals surface area contributed by atoms with E-state index in [4.69, 9.17) is 21.1 Å². The number of rotatable bonds is 5. The minimum absolute atomic E-state index is 0.446. The Morgan fingerprint density at radius 3 is 2.20 bits per heavy atom. The first-order chi connectivity index (χ1) is 12.2. The minimum atomic E-state index is -0.461. The van der Waals surface area contributed by atoms with Gasteiger partial charge in [-0.15, -0.1) is 0 Å². The highest BCUT2D eigenvalue weighted by atomic mass is 35.5. The first-order valence-corrected chi connectivity index (χ1v) is 8.05. The van der Waals surface area contributed by atoms with Crippen molar-refractivity contribution in [3.63, 3.8) is 0 Å². The van der Waals surface area contributed by atoms with E-state index in [1.54, 1.807) is 42.5 Å². The van der Waals surface area contributed by atoms with Crippen LogP contribution in [0.5, 0.6) is 17.2 Å². The third kappa shape index (κ3) is 5.23. The first kappa shape index (κ1) is 16.8. The lowest BCUT2D eigenvalue weighted by molar-refractivity contribution is -0.128. The summed E-state index contributed by atoms with van der Waals surface area (Å²) in [5.74, 6) is 1.40. The zero-order chi connectivity index (χ0) is 17.5. The van der Waals surface area contributed by atoms with E-state index in [-0.39, 0.29) is 0 Å². The second-order valence-electron chi connectivity index (χ2n) is 5.20. The van der Waals surface area contributed by atoms with Crippen LogP contribution in [0, 0.1) is 0 Å². The molecule has 0 saturated carbocycles. The van der Waals surface area contributed by atoms with E-state index < -0.39 is 5.97 Å². The molecule has 0 unspecified atom stereocenters. The fraction of sp³-hybridized carbons (Fsp3) is 0. The molecular formula is C21H15ClO3. The molecule has 4 heteroatoms. The molecular weight excluding hydrogens is 336 g/mol. The summed E-state index contributed by atoms with van der Waals surface area (Å²) >= 11 is 5.90. The summed E-state index contributed by atoms with van der Waals surface area (Å²) in [6, 6.07) is 23.5. The predicted molar refractivity (Wildman–Crippen MR) is 99.1 cm³/mol. The van der Waals surface area contributed by atoms with Crippen molar-refractivity contribution in [1.29, 1.82) is 0 Å². The molecule has 3 aromatic rings. The summed E-state index contributed by atoms with van der Waals surface area (Å²) in [7, 11) is 0. The summed E-state index contributed by atoms with van der Waals surface area (Å²) in [6.45, 7) is 0. The van der Waals surface area contributed by atoms with E-state index in [9.17, 15) is 4.79 Å². The minimum Gasteiger partial charge on any atom is -0.457 e. The number of halogens is 1. The van der Waals surface area contributed by atoms with Gasteiger partial charge in [0.1, 0.15) is 17.2 Å². The van der Waals surface area contributed by atoms with Crippen molar-refractivity contribution in [2.45, 2.75) is 0 Å². The van der Waals surface area contributed by atoms with Crippen molar-refractivity contribution in [2.75, 3.05) is 0 Å². The molecule has 0 spiro atoms. The molecule has 0 saturated heterocycles. The Balaban J connectivity index is 1.58. The van der Waals surface area contributed by atoms with E-state index in [1.807, 2.05) is 42.5 Å². The maximum Gasteiger partial charge on any atom is 0.336 e. The molecule has 0 amide bonds. The Kier molecular flexibility index (Phi) is 5.50. The number of para-hydroxylation sites is 1. The topological polar surface area (TPSA) is 35.5 Å². The van der Waals surface area contributed by atoms with Gasteiger partial charge in [0.15, 0.2) is 0 Å². The molecule has 0 aliphatic carbocycles. The van der Waals surface area contributed by atoms with Gasteiger partial charge >= 0.3 is 5.97 Å². The van der Waals surface area contributed by atoms with Gasteiger partial charge in [0.25, 0.3) is 0 Å². The Morgan fingerprint density at radius 2 is 1.48 bits per heavy atom. The predicted octanol–water partition coefficient (Wildman–Crippen LogP) is 5.75. The molecule has 0 atom stereocenters. The highest BCUT2D eigenvalue weighted by Crippen LogP contribution is 2.23. The Morgan fingerprint density at radius 1 is 0.800 bits per heavy atom. The van der Waals surface area contributed by atoms with Crippen LogP contribution >= 0.6 is 11.6 Å². The van der Waals surface area contributed by atoms with Gasteiger partial charge in [-0.05, 0) is 60.2 Å². The molecule has 0 bridgehead atoms. The van der Waals surface area contributed by atoms with Gasteiger partial charge in [-0.25, -0.2) is 4.79 Å². The monoisotopic (exact) mass is 350 g/mol. The largest absolute Gasteiger partial charge is 0.457 e. The fourth-order valence-corrected chi connectivity index (χ4v) is 2.32. The van der Waals surface area contributed by atoms with E-state index in [0.29, 0.717) is 16.5 Å². The Bertz CT molecular complexity index is 871. The summed E-state index contributed by atoms with van der Waals surface area (Å²) in [5.41, 5.74) is 0.830. The van der Waals surface area contributed by atoms with Gasteiger partial charge in [0, 0.05) is 11.1 Å². The quantitative estimate of drug-likeness (QED) is 0.334. The van der Waals surface area contributed by atoms with Crippen molar-refractivity contribution >= 4 is 23.6 Å². The maximum atomic E-state index is 11.9. The van der Waals surface area contributed by atoms with E-state index in [1.165, 1.54) is 6.08 Å². The van der Waals surface area contributed by atoms with Crippen LogP contribution in [-0.2, 0) is 4.79 Å². The van der Waals surface area contributed by atoms with Crippen molar-refractivity contribution in [3.8, 4) is 17.2 Å². The third-order valence-corrected chi connectivity index (χ3v) is 3.52. The normalized spacial score (nSPS) is 10.6. The van der Waals surface area contributed by atoms with Gasteiger partial charge in [-0.2, -0.15) is 0 Å². The molecule has 0 heterocycles. The average Bonchev–Trinajstić information content (AvgIpc) is 2.63. The molecule has 0 radical (unpaired) electrons. The van der Waals surface area contributed by atoms with Gasteiger partial charge in [0.05, 0.1) is 0 Å². The number of hydrogen-bond donors (Lipinski definition) is 0. The smallest absolute Gasteiger partial charge is 0.336 e. The highest BCUT2D eigenvalue weighted by Gasteiger charge is 2.02. The van der Waals surface area contributed by atoms with Gasteiger partial charge in [-0.1, -0.05) is 41.9 Å². The molecule has 25 heavy (non-hydrogen) atoms. The fourth-order valence-electron chi connectivity index (χ4n) is 2.13. The second-order valence-corrected chi connectivity index (χ2v) is 5.63. The summed E-state index contributed by atoms with van der Waals surface area (Å²) in [6.07, 6.45) is 3.02. The van der Waals surface area contributed by atoms with Crippen molar-refractivity contribution in [3.05, 3.63) is 95.5 Å². The van der Waals surface area contributed by atoms with Crippen LogP contribution in [0.2, 0.25) is 5.02 Å². The first-order valence-electron chi connectivity index (χ1n) is 7.67. The summed E-state index contributed by atoms with van der Waals surface area (Å²) in [5, 5.41) is 0.615. The number of esters is 1. The highest BCUT2D eigenvalue weighted by molar-refractivity contribution is 6.30. The van der Waals surface area contributed by atoms with Crippen LogP contribution in [0.4, 0.5) is 0 Å². The van der Waals surface area contributed by atoms with Crippen LogP contribution in [0.15, 0.2) is 84.9 Å². The van der Waals surface area contributed by atoms with E-state index >= 15 is 0 Å². The lowest BCUT2D eigenvalue weighted by Gasteiger charge is -2.06. The zero-order valence-corrected chi connectivity index (χ0v) is 14.0. The second kappa shape index (κ2) is 8.18. The van der Waals surface area contributed by atoms with Crippen LogP contribution in [0.25, 0.3) is 6.08 Å². The SMILES string of the molecule is O=C(/C=C/c1cccc(Cl)c1)Oc1ccc(Oc2ccccc2)cc1. The zero-order valence-electron chi connectivity index (χ0n) is 13.3. The standard InChI is InChI=1S/C21H15ClO3/c22-17-6-4-5-16(15-17)9-14-21(23)25-20-12-10-19(11-13-20)24-18-7-2-1-3-8-18/h1-15H/b14-9+. The van der Waals surface area contributed by atoms with Crippen LogP contribution in [-0.4, -0.2) is 5.97 Å². The molecule has 3 rings (SSSR count). The molecule has 0 fully saturated rings. The van der Waals surface area contributed by atoms with Crippen molar-refractivity contribution in [2.24, 2.45) is 0 Å². The molecule has 0 aliphatic rings. The van der Waals surface area contributed by atoms with E-state index in [0.717, 1.165) is 11.3 Å². The lowest BCUT2D eigenvalue weighted by Crippen LogP contribution is -2.03. The molecule has 0 aliphatic heterocycles. The maximum absolute atomic E-state index is 11.9. The van der Waals surface area contributed by atoms with Crippen LogP contribution in [0.3, 0.4) is 0 Å². The Labute approximate surface area is 151 Å². The lowest BCUT2D eigenvalue weighted by atomic mass is 10.2. The molecule has 3 nitrogen and oxygen atoms in total. The van der Waals surface area contributed by atoms with Gasteiger partial charge in [-0.3, -0.25) is 0 Å². The van der Waals surface area contributed by atoms with E-state index in [2.05, 4.69) is 0 Å². The third-order valence-electron chi connectivity index (χ3n) is 3.28. The average molecular weight is 351 g/mol. The molecule has 0 N–H and O–H groups in total. The number of benzene rings is 3. The van der Waals surface area contributed by atoms with Crippen molar-refractivity contribution < 1.29 is 14.3 Å². The van der Waals surface area contributed by atoms with Gasteiger partial charge in [0.2, 0.25) is 0 Å². The Hall–Kier alpha value is -3.04. The number of carbonyl (C=O) groups excluding carboxylic acids is 1. The number of ether oxygens (including phenoxy) is 2. The van der Waals surface area contributed by atoms with Gasteiger partial charge < -0.3 is 9.47 Å². The van der Waals surface area contributed by atoms with Crippen LogP contribution in [0.1, 0.15) is 5.56 Å². The number of carbonyl (C=O) groups is 1. The summed E-state index contributed by atoms with van der Waals surface area (Å²) in [4.78, 5) is 11.9. The molecule has 124 valence electrons. The summed E-state index contributed by atoms with van der Waals surface area (Å²) < 4.78 is 10.9. The number of hydrogen-bond acceptors (Lipinski definition) is 3. The van der Waals surface area contributed by atoms with Crippen molar-refractivity contribution in [1.82, 2.24) is 0 Å². The van der Waals surface area contributed by atoms with Crippen LogP contribution < -0.4 is 9.47 Å².